The molecule has 2 aromatic rings. The number of carbonyl (C=O) groups excluding carboxylic acids is 1. The summed E-state index contributed by atoms with van der Waals surface area (Å²) in [5.74, 6) is 0.0711. The first-order valence-corrected chi connectivity index (χ1v) is 10.2. The predicted octanol–water partition coefficient (Wildman–Crippen LogP) is 3.79. The second-order valence-electron chi connectivity index (χ2n) is 7.82. The lowest BCUT2D eigenvalue weighted by Crippen LogP contribution is -2.33. The van der Waals surface area contributed by atoms with Crippen molar-refractivity contribution in [3.8, 4) is 0 Å². The molecule has 1 N–H and O–H groups in total. The molecule has 2 aliphatic heterocycles. The van der Waals surface area contributed by atoms with Crippen molar-refractivity contribution >= 4 is 17.3 Å². The summed E-state index contributed by atoms with van der Waals surface area (Å²) in [7, 11) is 2.08. The van der Waals surface area contributed by atoms with Gasteiger partial charge in [-0.1, -0.05) is 0 Å². The van der Waals surface area contributed by atoms with Gasteiger partial charge in [0.15, 0.2) is 0 Å². The first kappa shape index (κ1) is 18.1. The van der Waals surface area contributed by atoms with Crippen LogP contribution in [0.15, 0.2) is 42.6 Å². The Hall–Kier alpha value is -2.27. The fourth-order valence-electron chi connectivity index (χ4n) is 4.46. The third kappa shape index (κ3) is 4.19. The standard InChI is InChI=1S/C22H30N4O/c1-24-13-5-7-20(24)21-8-6-16-26(21)17-22(27)23-18-9-11-19(12-10-18)25-14-3-2-4-15-25/h5,7,9-13,21H,2-4,6,8,14-17H2,1H3,(H,23,27)/t21-/m1/s1. The number of anilines is 2. The topological polar surface area (TPSA) is 40.5 Å². The largest absolute Gasteiger partial charge is 0.372 e. The van der Waals surface area contributed by atoms with Gasteiger partial charge in [0.1, 0.15) is 0 Å². The number of nitrogens with one attached hydrogen (secondary N) is 1. The Morgan fingerprint density at radius 1 is 1.04 bits per heavy atom. The monoisotopic (exact) mass is 366 g/mol. The van der Waals surface area contributed by atoms with Crippen molar-refractivity contribution in [2.24, 2.45) is 7.05 Å². The van der Waals surface area contributed by atoms with Crippen molar-refractivity contribution in [3.05, 3.63) is 48.3 Å². The number of hydrogen-bond acceptors (Lipinski definition) is 3. The number of amides is 1. The average Bonchev–Trinajstić information content (AvgIpc) is 3.31. The quantitative estimate of drug-likeness (QED) is 0.875. The van der Waals surface area contributed by atoms with E-state index in [1.807, 2.05) is 12.1 Å². The molecule has 5 heteroatoms. The summed E-state index contributed by atoms with van der Waals surface area (Å²) in [5, 5.41) is 3.07. The Labute approximate surface area is 162 Å². The Kier molecular flexibility index (Phi) is 5.48. The van der Waals surface area contributed by atoms with Gasteiger partial charge in [0.2, 0.25) is 5.91 Å². The number of carbonyl (C=O) groups is 1. The molecule has 1 amide bonds. The molecule has 2 aliphatic rings. The fourth-order valence-corrected chi connectivity index (χ4v) is 4.46. The first-order valence-electron chi connectivity index (χ1n) is 10.2. The van der Waals surface area contributed by atoms with Gasteiger partial charge < -0.3 is 14.8 Å². The second kappa shape index (κ2) is 8.17. The highest BCUT2D eigenvalue weighted by molar-refractivity contribution is 5.92. The van der Waals surface area contributed by atoms with Crippen LogP contribution in [0.25, 0.3) is 0 Å². The van der Waals surface area contributed by atoms with Crippen LogP contribution < -0.4 is 10.2 Å². The minimum absolute atomic E-state index is 0.0711. The van der Waals surface area contributed by atoms with Crippen molar-refractivity contribution in [2.45, 2.75) is 38.1 Å². The van der Waals surface area contributed by atoms with Crippen LogP contribution >= 0.6 is 0 Å². The molecule has 0 saturated carbocycles. The van der Waals surface area contributed by atoms with Gasteiger partial charge in [0, 0.05) is 43.4 Å². The summed E-state index contributed by atoms with van der Waals surface area (Å²) in [6.45, 7) is 3.71. The molecule has 1 aromatic carbocycles. The third-order valence-corrected chi connectivity index (χ3v) is 5.91. The van der Waals surface area contributed by atoms with Crippen LogP contribution in [-0.2, 0) is 11.8 Å². The molecule has 3 heterocycles. The van der Waals surface area contributed by atoms with Crippen LogP contribution in [0.3, 0.4) is 0 Å². The molecular weight excluding hydrogens is 336 g/mol. The first-order chi connectivity index (χ1) is 13.2. The number of aromatic nitrogens is 1. The van der Waals surface area contributed by atoms with Gasteiger partial charge in [0.05, 0.1) is 12.6 Å². The van der Waals surface area contributed by atoms with Crippen molar-refractivity contribution < 1.29 is 4.79 Å². The minimum atomic E-state index is 0.0711. The third-order valence-electron chi connectivity index (χ3n) is 5.91. The van der Waals surface area contributed by atoms with Crippen LogP contribution in [0.2, 0.25) is 0 Å². The van der Waals surface area contributed by atoms with Gasteiger partial charge >= 0.3 is 0 Å². The Balaban J connectivity index is 1.34. The van der Waals surface area contributed by atoms with Crippen LogP contribution in [-0.4, -0.2) is 41.6 Å². The summed E-state index contributed by atoms with van der Waals surface area (Å²) in [6, 6.07) is 12.9. The highest BCUT2D eigenvalue weighted by atomic mass is 16.2. The highest BCUT2D eigenvalue weighted by Gasteiger charge is 2.28. The summed E-state index contributed by atoms with van der Waals surface area (Å²) in [5.41, 5.74) is 3.44. The average molecular weight is 367 g/mol. The molecule has 27 heavy (non-hydrogen) atoms. The van der Waals surface area contributed by atoms with Crippen molar-refractivity contribution in [3.63, 3.8) is 0 Å². The number of benzene rings is 1. The van der Waals surface area contributed by atoms with Gasteiger partial charge in [-0.3, -0.25) is 9.69 Å². The second-order valence-corrected chi connectivity index (χ2v) is 7.82. The van der Waals surface area contributed by atoms with Crippen molar-refractivity contribution in [1.82, 2.24) is 9.47 Å². The number of nitrogens with zero attached hydrogens (tertiary/aromatic N) is 3. The number of rotatable bonds is 5. The maximum atomic E-state index is 12.6. The molecular formula is C22H30N4O. The Morgan fingerprint density at radius 3 is 2.52 bits per heavy atom. The molecule has 0 bridgehead atoms. The van der Waals surface area contributed by atoms with E-state index in [0.29, 0.717) is 12.6 Å². The van der Waals surface area contributed by atoms with Crippen LogP contribution in [0, 0.1) is 0 Å². The van der Waals surface area contributed by atoms with Crippen LogP contribution in [0.5, 0.6) is 0 Å². The molecule has 1 aromatic heterocycles. The van der Waals surface area contributed by atoms with E-state index >= 15 is 0 Å². The zero-order valence-corrected chi connectivity index (χ0v) is 16.2. The lowest BCUT2D eigenvalue weighted by Gasteiger charge is -2.29. The van der Waals surface area contributed by atoms with Gasteiger partial charge in [-0.05, 0) is 75.0 Å². The van der Waals surface area contributed by atoms with Gasteiger partial charge in [-0.25, -0.2) is 0 Å². The SMILES string of the molecule is Cn1cccc1[C@H]1CCCN1CC(=O)Nc1ccc(N2CCCCC2)cc1. The summed E-state index contributed by atoms with van der Waals surface area (Å²) in [6.07, 6.45) is 8.23. The van der Waals surface area contributed by atoms with E-state index in [0.717, 1.165) is 38.2 Å². The van der Waals surface area contributed by atoms with E-state index in [-0.39, 0.29) is 5.91 Å². The van der Waals surface area contributed by atoms with Gasteiger partial charge in [0.25, 0.3) is 0 Å². The maximum Gasteiger partial charge on any atom is 0.238 e. The van der Waals surface area contributed by atoms with E-state index in [1.165, 1.54) is 30.6 Å². The van der Waals surface area contributed by atoms with Crippen LogP contribution in [0.1, 0.15) is 43.8 Å². The Bertz CT molecular complexity index is 761. The molecule has 0 spiro atoms. The van der Waals surface area contributed by atoms with Crippen molar-refractivity contribution in [2.75, 3.05) is 36.4 Å². The molecule has 0 unspecified atom stereocenters. The number of likely N-dealkylation sites (tertiary alicyclic amines) is 1. The van der Waals surface area contributed by atoms with E-state index in [1.54, 1.807) is 0 Å². The molecule has 0 aliphatic carbocycles. The van der Waals surface area contributed by atoms with Crippen LogP contribution in [0.4, 0.5) is 11.4 Å². The van der Waals surface area contributed by atoms with E-state index < -0.39 is 0 Å². The maximum absolute atomic E-state index is 12.6. The molecule has 1 atom stereocenters. The van der Waals surface area contributed by atoms with Gasteiger partial charge in [-0.2, -0.15) is 0 Å². The molecule has 5 nitrogen and oxygen atoms in total. The molecule has 4 rings (SSSR count). The lowest BCUT2D eigenvalue weighted by atomic mass is 10.1. The Morgan fingerprint density at radius 2 is 1.81 bits per heavy atom. The van der Waals surface area contributed by atoms with E-state index in [9.17, 15) is 4.79 Å². The lowest BCUT2D eigenvalue weighted by molar-refractivity contribution is -0.117. The summed E-state index contributed by atoms with van der Waals surface area (Å²) < 4.78 is 2.17. The minimum Gasteiger partial charge on any atom is -0.372 e. The number of piperidine rings is 1. The number of hydrogen-bond donors (Lipinski definition) is 1. The highest BCUT2D eigenvalue weighted by Crippen LogP contribution is 2.31. The summed E-state index contributed by atoms with van der Waals surface area (Å²) in [4.78, 5) is 17.3. The predicted molar refractivity (Wildman–Crippen MR) is 110 cm³/mol. The molecule has 2 fully saturated rings. The van der Waals surface area contributed by atoms with Gasteiger partial charge in [-0.15, -0.1) is 0 Å². The normalized spacial score (nSPS) is 20.8. The fraction of sp³-hybridized carbons (Fsp3) is 0.500. The zero-order chi connectivity index (χ0) is 18.6. The molecule has 2 saturated heterocycles. The van der Waals surface area contributed by atoms with E-state index in [4.69, 9.17) is 0 Å². The molecule has 0 radical (unpaired) electrons. The summed E-state index contributed by atoms with van der Waals surface area (Å²) >= 11 is 0. The molecule has 144 valence electrons. The number of aryl methyl sites for hydroxylation is 1. The van der Waals surface area contributed by atoms with E-state index in [2.05, 4.69) is 57.2 Å². The van der Waals surface area contributed by atoms with Crippen molar-refractivity contribution in [1.29, 1.82) is 0 Å². The zero-order valence-electron chi connectivity index (χ0n) is 16.2. The smallest absolute Gasteiger partial charge is 0.238 e.